The van der Waals surface area contributed by atoms with Gasteiger partial charge in [0.05, 0.1) is 17.7 Å². The molecule has 0 unspecified atom stereocenters. The number of carbonyl (C=O) groups is 2. The Hall–Kier alpha value is -3.26. The summed E-state index contributed by atoms with van der Waals surface area (Å²) < 4.78 is 5.67. The Morgan fingerprint density at radius 2 is 1.46 bits per heavy atom. The number of fused-ring (bicyclic) bond motifs is 1. The fourth-order valence-electron chi connectivity index (χ4n) is 4.49. The predicted octanol–water partition coefficient (Wildman–Crippen LogP) is 5.65. The van der Waals surface area contributed by atoms with Gasteiger partial charge >= 0.3 is 0 Å². The van der Waals surface area contributed by atoms with Gasteiger partial charge in [0, 0.05) is 32.7 Å². The molecule has 3 rings (SSSR count). The standard InChI is InChI=1S/C24H30N2O5.C7H17N/c1-4-6-9-25(3)23(29)19-12-20(22(28)13-21(19)27)24(30)26-14-16-7-8-18(31-10-5-2)11-17(16)15-26;1-4-6-8(3)7-5-2/h7-8,11-13,27-28H,4-6,9-10,14-15H2,1-3H3;4-7H2,1-3H3. The lowest BCUT2D eigenvalue weighted by Crippen LogP contribution is -2.29. The lowest BCUT2D eigenvalue weighted by Gasteiger charge is -2.20. The van der Waals surface area contributed by atoms with E-state index in [0.29, 0.717) is 26.2 Å². The zero-order chi connectivity index (χ0) is 28.9. The van der Waals surface area contributed by atoms with Crippen LogP contribution in [0.5, 0.6) is 17.2 Å². The maximum absolute atomic E-state index is 13.1. The topological polar surface area (TPSA) is 93.6 Å². The molecule has 0 bridgehead atoms. The predicted molar refractivity (Wildman–Crippen MR) is 156 cm³/mol. The van der Waals surface area contributed by atoms with Gasteiger partial charge in [0.15, 0.2) is 0 Å². The molecule has 2 amide bonds. The first kappa shape index (κ1) is 32.0. The van der Waals surface area contributed by atoms with Crippen LogP contribution in [0.2, 0.25) is 0 Å². The number of ether oxygens (including phenoxy) is 1. The monoisotopic (exact) mass is 541 g/mol. The largest absolute Gasteiger partial charge is 0.507 e. The van der Waals surface area contributed by atoms with E-state index in [1.165, 1.54) is 36.9 Å². The number of hydrogen-bond donors (Lipinski definition) is 2. The summed E-state index contributed by atoms with van der Waals surface area (Å²) in [7, 11) is 3.83. The van der Waals surface area contributed by atoms with Crippen molar-refractivity contribution in [2.45, 2.75) is 72.9 Å². The Labute approximate surface area is 234 Å². The number of carbonyl (C=O) groups excluding carboxylic acids is 2. The number of aromatic hydroxyl groups is 2. The first-order valence-corrected chi connectivity index (χ1v) is 14.2. The van der Waals surface area contributed by atoms with Gasteiger partial charge in [0.2, 0.25) is 0 Å². The number of unbranched alkanes of at least 4 members (excludes halogenated alkanes) is 1. The van der Waals surface area contributed by atoms with Crippen LogP contribution in [-0.2, 0) is 13.1 Å². The number of nitrogens with zero attached hydrogens (tertiary/aromatic N) is 3. The van der Waals surface area contributed by atoms with Gasteiger partial charge in [-0.1, -0.05) is 40.2 Å². The van der Waals surface area contributed by atoms with E-state index in [1.54, 1.807) is 11.9 Å². The molecule has 0 saturated heterocycles. The Morgan fingerprint density at radius 1 is 0.821 bits per heavy atom. The highest BCUT2D eigenvalue weighted by Gasteiger charge is 2.28. The lowest BCUT2D eigenvalue weighted by molar-refractivity contribution is 0.0748. The summed E-state index contributed by atoms with van der Waals surface area (Å²) in [5, 5.41) is 20.5. The number of benzene rings is 2. The second kappa shape index (κ2) is 16.0. The molecule has 2 N–H and O–H groups in total. The molecule has 0 aliphatic carbocycles. The summed E-state index contributed by atoms with van der Waals surface area (Å²) in [5.41, 5.74) is 2.02. The summed E-state index contributed by atoms with van der Waals surface area (Å²) >= 11 is 0. The van der Waals surface area contributed by atoms with Crippen molar-refractivity contribution in [2.24, 2.45) is 0 Å². The summed E-state index contributed by atoms with van der Waals surface area (Å²) in [4.78, 5) is 31.4. The third-order valence-corrected chi connectivity index (χ3v) is 6.64. The van der Waals surface area contributed by atoms with Crippen molar-refractivity contribution >= 4 is 11.8 Å². The molecule has 216 valence electrons. The van der Waals surface area contributed by atoms with E-state index >= 15 is 0 Å². The minimum Gasteiger partial charge on any atom is -0.507 e. The van der Waals surface area contributed by atoms with Gasteiger partial charge in [-0.3, -0.25) is 9.59 Å². The van der Waals surface area contributed by atoms with E-state index in [4.69, 9.17) is 4.74 Å². The number of phenols is 2. The van der Waals surface area contributed by atoms with Crippen molar-refractivity contribution in [1.82, 2.24) is 14.7 Å². The lowest BCUT2D eigenvalue weighted by atomic mass is 10.1. The Kier molecular flexibility index (Phi) is 13.1. The van der Waals surface area contributed by atoms with Crippen molar-refractivity contribution in [3.63, 3.8) is 0 Å². The summed E-state index contributed by atoms with van der Waals surface area (Å²) in [5.74, 6) is -0.703. The van der Waals surface area contributed by atoms with Gasteiger partial charge in [0.1, 0.15) is 17.2 Å². The zero-order valence-corrected chi connectivity index (χ0v) is 24.6. The highest BCUT2D eigenvalue weighted by Crippen LogP contribution is 2.33. The molecule has 1 aliphatic heterocycles. The molecular formula is C31H47N3O5. The van der Waals surface area contributed by atoms with Crippen molar-refractivity contribution in [1.29, 1.82) is 0 Å². The van der Waals surface area contributed by atoms with Gasteiger partial charge in [-0.05, 0) is 75.1 Å². The molecule has 39 heavy (non-hydrogen) atoms. The average Bonchev–Trinajstić information content (AvgIpc) is 3.34. The van der Waals surface area contributed by atoms with Gasteiger partial charge in [-0.2, -0.15) is 0 Å². The molecule has 0 aromatic heterocycles. The first-order valence-electron chi connectivity index (χ1n) is 14.2. The molecule has 0 saturated carbocycles. The average molecular weight is 542 g/mol. The van der Waals surface area contributed by atoms with Crippen molar-refractivity contribution in [3.05, 3.63) is 52.6 Å². The summed E-state index contributed by atoms with van der Waals surface area (Å²) in [6, 6.07) is 8.13. The van der Waals surface area contributed by atoms with Crippen molar-refractivity contribution < 1.29 is 24.5 Å². The second-order valence-corrected chi connectivity index (χ2v) is 10.2. The van der Waals surface area contributed by atoms with Crippen molar-refractivity contribution in [3.8, 4) is 17.2 Å². The molecular weight excluding hydrogens is 494 g/mol. The highest BCUT2D eigenvalue weighted by atomic mass is 16.5. The van der Waals surface area contributed by atoms with Crippen LogP contribution in [-0.4, -0.2) is 77.1 Å². The van der Waals surface area contributed by atoms with Gasteiger partial charge < -0.3 is 29.6 Å². The number of hydrogen-bond acceptors (Lipinski definition) is 6. The van der Waals surface area contributed by atoms with Gasteiger partial charge in [-0.15, -0.1) is 0 Å². The van der Waals surface area contributed by atoms with Crippen LogP contribution >= 0.6 is 0 Å². The smallest absolute Gasteiger partial charge is 0.258 e. The second-order valence-electron chi connectivity index (χ2n) is 10.2. The van der Waals surface area contributed by atoms with Crippen LogP contribution < -0.4 is 4.74 Å². The van der Waals surface area contributed by atoms with Crippen molar-refractivity contribution in [2.75, 3.05) is 40.3 Å². The minimum atomic E-state index is -0.394. The van der Waals surface area contributed by atoms with E-state index in [9.17, 15) is 19.8 Å². The third-order valence-electron chi connectivity index (χ3n) is 6.64. The van der Waals surface area contributed by atoms with E-state index in [0.717, 1.165) is 42.2 Å². The normalized spacial score (nSPS) is 12.1. The molecule has 0 spiro atoms. The number of phenolic OH excluding ortho intramolecular Hbond substituents is 2. The molecule has 0 radical (unpaired) electrons. The van der Waals surface area contributed by atoms with E-state index < -0.39 is 5.91 Å². The van der Waals surface area contributed by atoms with E-state index in [2.05, 4.69) is 25.8 Å². The van der Waals surface area contributed by atoms with Crippen LogP contribution in [0.1, 0.15) is 91.6 Å². The van der Waals surface area contributed by atoms with Crippen LogP contribution in [0.15, 0.2) is 30.3 Å². The SMILES string of the molecule is CCCCN(C)C(=O)c1cc(C(=O)N2Cc3ccc(OCCC)cc3C2)c(O)cc1O.CCCN(C)CCC. The molecule has 2 aromatic rings. The van der Waals surface area contributed by atoms with Crippen LogP contribution in [0, 0.1) is 0 Å². The highest BCUT2D eigenvalue weighted by molar-refractivity contribution is 6.03. The fraction of sp³-hybridized carbons (Fsp3) is 0.548. The minimum absolute atomic E-state index is 0.000282. The van der Waals surface area contributed by atoms with E-state index in [1.807, 2.05) is 32.0 Å². The zero-order valence-electron chi connectivity index (χ0n) is 24.6. The fourth-order valence-corrected chi connectivity index (χ4v) is 4.49. The maximum atomic E-state index is 13.1. The third kappa shape index (κ3) is 9.17. The number of rotatable bonds is 12. The van der Waals surface area contributed by atoms with Gasteiger partial charge in [0.25, 0.3) is 11.8 Å². The Morgan fingerprint density at radius 3 is 2.08 bits per heavy atom. The Bertz CT molecular complexity index is 1080. The maximum Gasteiger partial charge on any atom is 0.258 e. The van der Waals surface area contributed by atoms with Gasteiger partial charge in [-0.25, -0.2) is 0 Å². The van der Waals surface area contributed by atoms with Crippen LogP contribution in [0.25, 0.3) is 0 Å². The quantitative estimate of drug-likeness (QED) is 0.361. The Balaban J connectivity index is 0.000000580. The van der Waals surface area contributed by atoms with Crippen LogP contribution in [0.4, 0.5) is 0 Å². The molecule has 8 nitrogen and oxygen atoms in total. The molecule has 8 heteroatoms. The summed E-state index contributed by atoms with van der Waals surface area (Å²) in [6.45, 7) is 13.0. The molecule has 1 heterocycles. The summed E-state index contributed by atoms with van der Waals surface area (Å²) in [6.07, 6.45) is 5.23. The number of amides is 2. The van der Waals surface area contributed by atoms with E-state index in [-0.39, 0.29) is 28.5 Å². The van der Waals surface area contributed by atoms with Crippen LogP contribution in [0.3, 0.4) is 0 Å². The molecule has 0 atom stereocenters. The molecule has 2 aromatic carbocycles. The molecule has 1 aliphatic rings. The first-order chi connectivity index (χ1) is 18.7. The molecule has 0 fully saturated rings.